The third-order valence-electron chi connectivity index (χ3n) is 4.53. The molecule has 0 aromatic heterocycles. The molecule has 5 heteroatoms. The highest BCUT2D eigenvalue weighted by Crippen LogP contribution is 2.18. The van der Waals surface area contributed by atoms with Crippen molar-refractivity contribution in [2.24, 2.45) is 0 Å². The van der Waals surface area contributed by atoms with Gasteiger partial charge in [-0.1, -0.05) is 25.8 Å². The Morgan fingerprint density at radius 1 is 1.00 bits per heavy atom. The monoisotopic (exact) mass is 383 g/mol. The van der Waals surface area contributed by atoms with Crippen LogP contribution in [0.2, 0.25) is 0 Å². The number of rotatable bonds is 9. The Balaban J connectivity index is 1.87. The van der Waals surface area contributed by atoms with Gasteiger partial charge in [0, 0.05) is 5.69 Å². The summed E-state index contributed by atoms with van der Waals surface area (Å²) < 4.78 is 11.0. The Bertz CT molecular complexity index is 799. The van der Waals surface area contributed by atoms with Crippen molar-refractivity contribution in [3.63, 3.8) is 0 Å². The Kier molecular flexibility index (Phi) is 8.05. The first kappa shape index (κ1) is 21.5. The second kappa shape index (κ2) is 10.5. The van der Waals surface area contributed by atoms with Gasteiger partial charge in [-0.15, -0.1) is 0 Å². The predicted molar refractivity (Wildman–Crippen MR) is 111 cm³/mol. The number of ether oxygens (including phenoxy) is 2. The highest BCUT2D eigenvalue weighted by molar-refractivity contribution is 5.95. The second-order valence-electron chi connectivity index (χ2n) is 6.92. The summed E-state index contributed by atoms with van der Waals surface area (Å²) in [6.07, 6.45) is 2.35. The van der Waals surface area contributed by atoms with E-state index in [-0.39, 0.29) is 11.9 Å². The van der Waals surface area contributed by atoms with Gasteiger partial charge < -0.3 is 14.8 Å². The van der Waals surface area contributed by atoms with E-state index < -0.39 is 6.10 Å². The molecular weight excluding hydrogens is 354 g/mol. The number of unbranched alkanes of at least 4 members (excludes halogenated alkanes) is 2. The minimum Gasteiger partial charge on any atom is -0.481 e. The maximum atomic E-state index is 12.4. The van der Waals surface area contributed by atoms with Crippen molar-refractivity contribution in [1.29, 1.82) is 0 Å². The lowest BCUT2D eigenvalue weighted by Crippen LogP contribution is -2.30. The Hall–Kier alpha value is -2.82. The molecule has 0 aliphatic heterocycles. The van der Waals surface area contributed by atoms with E-state index in [1.807, 2.05) is 32.0 Å². The molecule has 5 nitrogen and oxygen atoms in total. The smallest absolute Gasteiger partial charge is 0.338 e. The molecule has 2 aromatic rings. The number of carbonyl (C=O) groups excluding carboxylic acids is 2. The van der Waals surface area contributed by atoms with Gasteiger partial charge in [0.2, 0.25) is 0 Å². The van der Waals surface area contributed by atoms with E-state index in [1.54, 1.807) is 31.2 Å². The predicted octanol–water partition coefficient (Wildman–Crippen LogP) is 5.06. The van der Waals surface area contributed by atoms with E-state index >= 15 is 0 Å². The van der Waals surface area contributed by atoms with Gasteiger partial charge in [0.1, 0.15) is 5.75 Å². The standard InChI is InChI=1S/C23H29NO4/c1-5-6-7-14-27-23(26)19-9-11-20(12-10-19)24-22(25)18(4)28-21-13-8-16(2)17(3)15-21/h8-13,15,18H,5-7,14H2,1-4H3,(H,24,25). The fourth-order valence-corrected chi connectivity index (χ4v) is 2.58. The summed E-state index contributed by atoms with van der Waals surface area (Å²) in [6.45, 7) is 8.26. The molecule has 2 aromatic carbocycles. The molecule has 0 aliphatic carbocycles. The molecule has 0 saturated carbocycles. The van der Waals surface area contributed by atoms with E-state index in [0.717, 1.165) is 24.8 Å². The highest BCUT2D eigenvalue weighted by atomic mass is 16.5. The lowest BCUT2D eigenvalue weighted by atomic mass is 10.1. The molecule has 1 N–H and O–H groups in total. The Morgan fingerprint density at radius 3 is 2.36 bits per heavy atom. The second-order valence-corrected chi connectivity index (χ2v) is 6.92. The fourth-order valence-electron chi connectivity index (χ4n) is 2.58. The average molecular weight is 383 g/mol. The zero-order valence-electron chi connectivity index (χ0n) is 17.1. The first-order chi connectivity index (χ1) is 13.4. The minimum atomic E-state index is -0.648. The molecule has 0 heterocycles. The van der Waals surface area contributed by atoms with Crippen molar-refractivity contribution in [3.8, 4) is 5.75 Å². The number of esters is 1. The highest BCUT2D eigenvalue weighted by Gasteiger charge is 2.15. The fraction of sp³-hybridized carbons (Fsp3) is 0.391. The zero-order valence-corrected chi connectivity index (χ0v) is 17.1. The average Bonchev–Trinajstić information content (AvgIpc) is 2.68. The largest absolute Gasteiger partial charge is 0.481 e. The van der Waals surface area contributed by atoms with Crippen LogP contribution < -0.4 is 10.1 Å². The maximum Gasteiger partial charge on any atom is 0.338 e. The molecule has 0 saturated heterocycles. The van der Waals surface area contributed by atoms with Gasteiger partial charge in [0.05, 0.1) is 12.2 Å². The summed E-state index contributed by atoms with van der Waals surface area (Å²) in [5.41, 5.74) is 3.35. The molecule has 0 bridgehead atoms. The van der Waals surface area contributed by atoms with E-state index in [1.165, 1.54) is 5.56 Å². The molecule has 28 heavy (non-hydrogen) atoms. The van der Waals surface area contributed by atoms with Gasteiger partial charge >= 0.3 is 5.97 Å². The van der Waals surface area contributed by atoms with Crippen molar-refractivity contribution < 1.29 is 19.1 Å². The number of nitrogens with one attached hydrogen (secondary N) is 1. The van der Waals surface area contributed by atoms with Crippen molar-refractivity contribution >= 4 is 17.6 Å². The Labute approximate surface area is 167 Å². The first-order valence-corrected chi connectivity index (χ1v) is 9.72. The number of hydrogen-bond acceptors (Lipinski definition) is 4. The van der Waals surface area contributed by atoms with Crippen LogP contribution in [0.5, 0.6) is 5.75 Å². The molecule has 1 unspecified atom stereocenters. The first-order valence-electron chi connectivity index (χ1n) is 9.72. The summed E-state index contributed by atoms with van der Waals surface area (Å²) in [5, 5.41) is 2.80. The number of anilines is 1. The molecule has 150 valence electrons. The van der Waals surface area contributed by atoms with Crippen molar-refractivity contribution in [2.45, 2.75) is 53.1 Å². The van der Waals surface area contributed by atoms with Crippen LogP contribution in [0.4, 0.5) is 5.69 Å². The molecule has 0 spiro atoms. The van der Waals surface area contributed by atoms with Crippen molar-refractivity contribution in [2.75, 3.05) is 11.9 Å². The van der Waals surface area contributed by atoms with Crippen LogP contribution in [-0.4, -0.2) is 24.6 Å². The summed E-state index contributed by atoms with van der Waals surface area (Å²) in [4.78, 5) is 24.3. The molecule has 1 atom stereocenters. The van der Waals surface area contributed by atoms with Crippen LogP contribution >= 0.6 is 0 Å². The summed E-state index contributed by atoms with van der Waals surface area (Å²) in [6, 6.07) is 12.4. The van der Waals surface area contributed by atoms with Crippen LogP contribution in [-0.2, 0) is 9.53 Å². The van der Waals surface area contributed by atoms with E-state index in [0.29, 0.717) is 23.6 Å². The van der Waals surface area contributed by atoms with Crippen molar-refractivity contribution in [3.05, 3.63) is 59.2 Å². The number of hydrogen-bond donors (Lipinski definition) is 1. The van der Waals surface area contributed by atoms with Gasteiger partial charge in [-0.2, -0.15) is 0 Å². The van der Waals surface area contributed by atoms with Crippen molar-refractivity contribution in [1.82, 2.24) is 0 Å². The van der Waals surface area contributed by atoms with Crippen LogP contribution in [0.3, 0.4) is 0 Å². The topological polar surface area (TPSA) is 64.6 Å². The minimum absolute atomic E-state index is 0.256. The molecule has 0 fully saturated rings. The third kappa shape index (κ3) is 6.41. The summed E-state index contributed by atoms with van der Waals surface area (Å²) in [7, 11) is 0. The molecule has 0 radical (unpaired) electrons. The van der Waals surface area contributed by atoms with Crippen LogP contribution in [0, 0.1) is 13.8 Å². The quantitative estimate of drug-likeness (QED) is 0.486. The summed E-state index contributed by atoms with van der Waals surface area (Å²) >= 11 is 0. The van der Waals surface area contributed by atoms with E-state index in [2.05, 4.69) is 12.2 Å². The lowest BCUT2D eigenvalue weighted by molar-refractivity contribution is -0.122. The van der Waals surface area contributed by atoms with Gasteiger partial charge in [-0.05, 0) is 74.7 Å². The van der Waals surface area contributed by atoms with Gasteiger partial charge in [-0.25, -0.2) is 4.79 Å². The number of carbonyl (C=O) groups is 2. The van der Waals surface area contributed by atoms with Crippen LogP contribution in [0.15, 0.2) is 42.5 Å². The van der Waals surface area contributed by atoms with E-state index in [4.69, 9.17) is 9.47 Å². The molecule has 2 rings (SSSR count). The number of amides is 1. The Morgan fingerprint density at radius 2 is 1.71 bits per heavy atom. The SMILES string of the molecule is CCCCCOC(=O)c1ccc(NC(=O)C(C)Oc2ccc(C)c(C)c2)cc1. The molecular formula is C23H29NO4. The van der Waals surface area contributed by atoms with Gasteiger partial charge in [-0.3, -0.25) is 4.79 Å². The number of benzene rings is 2. The third-order valence-corrected chi connectivity index (χ3v) is 4.53. The van der Waals surface area contributed by atoms with Gasteiger partial charge in [0.25, 0.3) is 5.91 Å². The lowest BCUT2D eigenvalue weighted by Gasteiger charge is -2.15. The normalized spacial score (nSPS) is 11.6. The molecule has 1 amide bonds. The van der Waals surface area contributed by atoms with Gasteiger partial charge in [0.15, 0.2) is 6.10 Å². The zero-order chi connectivity index (χ0) is 20.5. The van der Waals surface area contributed by atoms with Crippen LogP contribution in [0.1, 0.15) is 54.6 Å². The maximum absolute atomic E-state index is 12.4. The van der Waals surface area contributed by atoms with E-state index in [9.17, 15) is 9.59 Å². The number of aryl methyl sites for hydroxylation is 2. The van der Waals surface area contributed by atoms with Crippen LogP contribution in [0.25, 0.3) is 0 Å². The molecule has 0 aliphatic rings. The summed E-state index contributed by atoms with van der Waals surface area (Å²) in [5.74, 6) is 0.0560.